The molecule has 4 aliphatic rings. The molecule has 4 bridgehead atoms. The molecule has 2 aromatic rings. The van der Waals surface area contributed by atoms with Gasteiger partial charge in [-0.15, -0.1) is 0 Å². The Hall–Kier alpha value is -1.87. The summed E-state index contributed by atoms with van der Waals surface area (Å²) in [6.07, 6.45) is 3.97. The predicted octanol–water partition coefficient (Wildman–Crippen LogP) is 4.60. The Kier molecular flexibility index (Phi) is 5.90. The van der Waals surface area contributed by atoms with Crippen LogP contribution in [0.1, 0.15) is 46.5 Å². The van der Waals surface area contributed by atoms with Gasteiger partial charge in [-0.05, 0) is 67.0 Å². The van der Waals surface area contributed by atoms with E-state index in [9.17, 15) is 4.79 Å². The highest BCUT2D eigenvalue weighted by molar-refractivity contribution is 6.89. The Labute approximate surface area is 165 Å². The average molecular weight is 380 g/mol. The second-order valence-electron chi connectivity index (χ2n) is 8.68. The van der Waals surface area contributed by atoms with Gasteiger partial charge < -0.3 is 4.90 Å². The van der Waals surface area contributed by atoms with E-state index in [-0.39, 0.29) is 5.91 Å². The van der Waals surface area contributed by atoms with Gasteiger partial charge in [0.05, 0.1) is 8.07 Å². The fourth-order valence-corrected chi connectivity index (χ4v) is 6.50. The van der Waals surface area contributed by atoms with Crippen molar-refractivity contribution in [2.75, 3.05) is 13.1 Å². The molecule has 0 saturated carbocycles. The van der Waals surface area contributed by atoms with E-state index in [1.165, 1.54) is 27.4 Å². The molecular formula is C24H33NOSi. The highest BCUT2D eigenvalue weighted by Crippen LogP contribution is 2.22. The molecule has 144 valence electrons. The molecule has 0 unspecified atom stereocenters. The maximum atomic E-state index is 13.6. The van der Waals surface area contributed by atoms with Gasteiger partial charge in [-0.25, -0.2) is 0 Å². The quantitative estimate of drug-likeness (QED) is 0.711. The monoisotopic (exact) mass is 379 g/mol. The van der Waals surface area contributed by atoms with Crippen molar-refractivity contribution in [3.05, 3.63) is 64.2 Å². The third-order valence-electron chi connectivity index (χ3n) is 5.78. The van der Waals surface area contributed by atoms with Crippen LogP contribution >= 0.6 is 0 Å². The first kappa shape index (κ1) is 19.9. The molecule has 0 aromatic heterocycles. The van der Waals surface area contributed by atoms with Gasteiger partial charge in [-0.1, -0.05) is 56.0 Å². The third-order valence-corrected chi connectivity index (χ3v) is 7.85. The minimum atomic E-state index is -1.68. The predicted molar refractivity (Wildman–Crippen MR) is 118 cm³/mol. The Morgan fingerprint density at radius 1 is 0.815 bits per heavy atom. The SMILES string of the molecule is CCN(CC)C(=O)c1c2ccc(c1[Si](C)(C)C)CCc1ccc(cc1)CC2. The molecule has 4 aliphatic carbocycles. The molecule has 27 heavy (non-hydrogen) atoms. The topological polar surface area (TPSA) is 20.3 Å². The Morgan fingerprint density at radius 3 is 1.78 bits per heavy atom. The zero-order valence-corrected chi connectivity index (χ0v) is 18.6. The van der Waals surface area contributed by atoms with Gasteiger partial charge in [0.1, 0.15) is 0 Å². The van der Waals surface area contributed by atoms with Crippen LogP contribution in [0.5, 0.6) is 0 Å². The van der Waals surface area contributed by atoms with Crippen molar-refractivity contribution in [2.45, 2.75) is 59.2 Å². The maximum absolute atomic E-state index is 13.6. The number of amides is 1. The molecule has 0 radical (unpaired) electrons. The number of hydrogen-bond donors (Lipinski definition) is 0. The zero-order valence-electron chi connectivity index (χ0n) is 17.6. The molecule has 0 spiro atoms. The third kappa shape index (κ3) is 4.19. The van der Waals surface area contributed by atoms with Crippen molar-refractivity contribution in [3.8, 4) is 0 Å². The molecule has 6 rings (SSSR count). The van der Waals surface area contributed by atoms with Gasteiger partial charge in [-0.3, -0.25) is 4.79 Å². The highest BCUT2D eigenvalue weighted by atomic mass is 28.3. The normalized spacial score (nSPS) is 14.0. The Bertz CT molecular complexity index is 814. The van der Waals surface area contributed by atoms with Crippen LogP contribution in [0.3, 0.4) is 0 Å². The van der Waals surface area contributed by atoms with E-state index in [2.05, 4.69) is 69.9 Å². The van der Waals surface area contributed by atoms with E-state index in [1.807, 2.05) is 4.90 Å². The molecule has 0 atom stereocenters. The van der Waals surface area contributed by atoms with E-state index in [0.29, 0.717) is 0 Å². The van der Waals surface area contributed by atoms with E-state index in [4.69, 9.17) is 0 Å². The average Bonchev–Trinajstić information content (AvgIpc) is 2.63. The molecule has 2 aromatic carbocycles. The summed E-state index contributed by atoms with van der Waals surface area (Å²) in [7, 11) is -1.68. The molecule has 0 heterocycles. The fourth-order valence-electron chi connectivity index (χ4n) is 4.31. The van der Waals surface area contributed by atoms with Crippen LogP contribution in [-0.2, 0) is 25.7 Å². The van der Waals surface area contributed by atoms with Gasteiger partial charge in [0.25, 0.3) is 5.91 Å². The largest absolute Gasteiger partial charge is 0.339 e. The van der Waals surface area contributed by atoms with Crippen molar-refractivity contribution in [1.29, 1.82) is 0 Å². The van der Waals surface area contributed by atoms with Gasteiger partial charge >= 0.3 is 0 Å². The minimum absolute atomic E-state index is 0.236. The lowest BCUT2D eigenvalue weighted by atomic mass is 9.92. The van der Waals surface area contributed by atoms with Crippen molar-refractivity contribution in [1.82, 2.24) is 4.90 Å². The van der Waals surface area contributed by atoms with Crippen LogP contribution in [-0.4, -0.2) is 32.0 Å². The van der Waals surface area contributed by atoms with Gasteiger partial charge in [0.15, 0.2) is 0 Å². The van der Waals surface area contributed by atoms with Crippen LogP contribution < -0.4 is 5.19 Å². The van der Waals surface area contributed by atoms with Crippen molar-refractivity contribution >= 4 is 19.2 Å². The van der Waals surface area contributed by atoms with Crippen LogP contribution in [0.2, 0.25) is 19.6 Å². The van der Waals surface area contributed by atoms with Crippen LogP contribution in [0.25, 0.3) is 0 Å². The molecule has 2 nitrogen and oxygen atoms in total. The molecule has 1 amide bonds. The summed E-state index contributed by atoms with van der Waals surface area (Å²) in [6.45, 7) is 12.9. The second kappa shape index (κ2) is 8.01. The van der Waals surface area contributed by atoms with E-state index in [1.54, 1.807) is 0 Å². The summed E-state index contributed by atoms with van der Waals surface area (Å²) in [5.41, 5.74) is 6.40. The number of aryl methyl sites for hydroxylation is 4. The highest BCUT2D eigenvalue weighted by Gasteiger charge is 2.30. The summed E-state index contributed by atoms with van der Waals surface area (Å²) in [5.74, 6) is 0.236. The zero-order chi connectivity index (χ0) is 19.6. The minimum Gasteiger partial charge on any atom is -0.339 e. The van der Waals surface area contributed by atoms with Gasteiger partial charge in [0.2, 0.25) is 0 Å². The smallest absolute Gasteiger partial charge is 0.254 e. The summed E-state index contributed by atoms with van der Waals surface area (Å²) in [5, 5.41) is 1.40. The Morgan fingerprint density at radius 2 is 1.30 bits per heavy atom. The lowest BCUT2D eigenvalue weighted by Gasteiger charge is -2.30. The van der Waals surface area contributed by atoms with Crippen molar-refractivity contribution < 1.29 is 4.79 Å². The molecule has 0 aliphatic heterocycles. The molecular weight excluding hydrogens is 346 g/mol. The van der Waals surface area contributed by atoms with Crippen molar-refractivity contribution in [2.24, 2.45) is 0 Å². The van der Waals surface area contributed by atoms with Gasteiger partial charge in [-0.2, -0.15) is 0 Å². The van der Waals surface area contributed by atoms with Crippen LogP contribution in [0, 0.1) is 0 Å². The maximum Gasteiger partial charge on any atom is 0.254 e. The number of carbonyl (C=O) groups excluding carboxylic acids is 1. The number of hydrogen-bond acceptors (Lipinski definition) is 1. The summed E-state index contributed by atoms with van der Waals surface area (Å²) in [4.78, 5) is 15.6. The Balaban J connectivity index is 2.20. The van der Waals surface area contributed by atoms with Crippen LogP contribution in [0.4, 0.5) is 0 Å². The van der Waals surface area contributed by atoms with E-state index < -0.39 is 8.07 Å². The first-order chi connectivity index (χ1) is 12.8. The molecule has 3 heteroatoms. The summed E-state index contributed by atoms with van der Waals surface area (Å²) in [6, 6.07) is 13.6. The standard InChI is InChI=1S/C24H33NOSi/c1-6-25(7-2)24(26)22-20-14-12-18-8-10-19(11-9-18)13-15-21(17-16-20)23(22)27(3,4)5/h8-11,16-17H,6-7,12-15H2,1-5H3. The van der Waals surface area contributed by atoms with Crippen LogP contribution in [0.15, 0.2) is 36.4 Å². The van der Waals surface area contributed by atoms with Gasteiger partial charge in [0, 0.05) is 18.7 Å². The first-order valence-electron chi connectivity index (χ1n) is 10.4. The van der Waals surface area contributed by atoms with E-state index >= 15 is 0 Å². The number of benzene rings is 2. The second-order valence-corrected chi connectivity index (χ2v) is 13.7. The fraction of sp³-hybridized carbons (Fsp3) is 0.458. The van der Waals surface area contributed by atoms with Crippen molar-refractivity contribution in [3.63, 3.8) is 0 Å². The first-order valence-corrected chi connectivity index (χ1v) is 13.9. The summed E-state index contributed by atoms with van der Waals surface area (Å²) >= 11 is 0. The lowest BCUT2D eigenvalue weighted by Crippen LogP contribution is -2.47. The molecule has 0 saturated heterocycles. The lowest BCUT2D eigenvalue weighted by molar-refractivity contribution is 0.0773. The molecule has 0 fully saturated rings. The number of rotatable bonds is 4. The number of nitrogens with zero attached hydrogens (tertiary/aromatic N) is 1. The summed E-state index contributed by atoms with van der Waals surface area (Å²) < 4.78 is 0. The van der Waals surface area contributed by atoms with E-state index in [0.717, 1.165) is 44.3 Å². The number of carbonyl (C=O) groups is 1. The molecule has 0 N–H and O–H groups in total.